The van der Waals surface area contributed by atoms with Crippen LogP contribution in [-0.4, -0.2) is 43.8 Å². The van der Waals surface area contributed by atoms with E-state index in [2.05, 4.69) is 5.32 Å². The molecule has 1 atom stereocenters. The average Bonchev–Trinajstić information content (AvgIpc) is 2.71. The molecule has 28 heavy (non-hydrogen) atoms. The molecule has 0 spiro atoms. The maximum atomic E-state index is 12.2. The Morgan fingerprint density at radius 1 is 1.11 bits per heavy atom. The van der Waals surface area contributed by atoms with E-state index >= 15 is 0 Å². The van der Waals surface area contributed by atoms with Gasteiger partial charge in [-0.1, -0.05) is 0 Å². The number of non-ortho nitro benzene ring substituents is 1. The number of amides is 1. The summed E-state index contributed by atoms with van der Waals surface area (Å²) in [5, 5.41) is 23.5. The average molecular weight is 390 g/mol. The molecule has 2 rings (SSSR count). The normalized spacial score (nSPS) is 11.4. The van der Waals surface area contributed by atoms with Crippen LogP contribution in [0.3, 0.4) is 0 Å². The number of aliphatic hydroxyl groups excluding tert-OH is 1. The molecule has 0 saturated carbocycles. The van der Waals surface area contributed by atoms with Crippen LogP contribution in [0.2, 0.25) is 0 Å². The highest BCUT2D eigenvalue weighted by Crippen LogP contribution is 2.38. The molecule has 0 saturated heterocycles. The lowest BCUT2D eigenvalue weighted by molar-refractivity contribution is -0.384. The molecule has 0 radical (unpaired) electrons. The van der Waals surface area contributed by atoms with E-state index in [1.54, 1.807) is 12.1 Å². The predicted molar refractivity (Wildman–Crippen MR) is 101 cm³/mol. The van der Waals surface area contributed by atoms with Gasteiger partial charge in [-0.3, -0.25) is 14.9 Å². The summed E-state index contributed by atoms with van der Waals surface area (Å²) in [5.74, 6) is 1.00. The summed E-state index contributed by atoms with van der Waals surface area (Å²) < 4.78 is 15.8. The first-order valence-corrected chi connectivity index (χ1v) is 8.37. The molecule has 0 aliphatic heterocycles. The number of benzene rings is 2. The van der Waals surface area contributed by atoms with Crippen LogP contribution in [0.5, 0.6) is 17.2 Å². The van der Waals surface area contributed by atoms with Crippen molar-refractivity contribution in [3.05, 3.63) is 57.6 Å². The minimum atomic E-state index is -0.982. The second kappa shape index (κ2) is 9.56. The zero-order valence-electron chi connectivity index (χ0n) is 15.8. The molecule has 150 valence electrons. The van der Waals surface area contributed by atoms with Gasteiger partial charge in [0, 0.05) is 18.7 Å². The second-order valence-corrected chi connectivity index (χ2v) is 5.88. The van der Waals surface area contributed by atoms with Crippen LogP contribution in [0, 0.1) is 10.1 Å². The molecular formula is C19H22N2O7. The van der Waals surface area contributed by atoms with E-state index in [1.165, 1.54) is 45.6 Å². The minimum Gasteiger partial charge on any atom is -0.493 e. The van der Waals surface area contributed by atoms with Gasteiger partial charge in [0.1, 0.15) is 0 Å². The number of carbonyl (C=O) groups is 1. The number of ether oxygens (including phenoxy) is 3. The summed E-state index contributed by atoms with van der Waals surface area (Å²) >= 11 is 0. The maximum absolute atomic E-state index is 12.2. The van der Waals surface area contributed by atoms with Crippen LogP contribution in [0.4, 0.5) is 5.69 Å². The number of nitrogens with one attached hydrogen (secondary N) is 1. The van der Waals surface area contributed by atoms with E-state index in [9.17, 15) is 20.0 Å². The number of carbonyl (C=O) groups excluding carboxylic acids is 1. The summed E-state index contributed by atoms with van der Waals surface area (Å²) in [6, 6.07) is 8.86. The largest absolute Gasteiger partial charge is 0.493 e. The topological polar surface area (TPSA) is 120 Å². The first-order valence-electron chi connectivity index (χ1n) is 8.37. The summed E-state index contributed by atoms with van der Waals surface area (Å²) in [5.41, 5.74) is 1.05. The van der Waals surface area contributed by atoms with Gasteiger partial charge in [0.2, 0.25) is 11.7 Å². The zero-order chi connectivity index (χ0) is 20.7. The summed E-state index contributed by atoms with van der Waals surface area (Å²) in [6.45, 7) is -0.0267. The van der Waals surface area contributed by atoms with E-state index in [0.717, 1.165) is 0 Å². The second-order valence-electron chi connectivity index (χ2n) is 5.88. The third-order valence-electron chi connectivity index (χ3n) is 4.07. The number of nitrogens with zero attached hydrogens (tertiary/aromatic N) is 1. The molecule has 2 N–H and O–H groups in total. The monoisotopic (exact) mass is 390 g/mol. The Hall–Kier alpha value is -3.33. The van der Waals surface area contributed by atoms with Gasteiger partial charge >= 0.3 is 0 Å². The fraction of sp³-hybridized carbons (Fsp3) is 0.316. The number of nitro benzene ring substituents is 1. The van der Waals surface area contributed by atoms with Gasteiger partial charge in [-0.15, -0.1) is 0 Å². The Labute approximate surface area is 162 Å². The van der Waals surface area contributed by atoms with Crippen LogP contribution in [0.25, 0.3) is 0 Å². The zero-order valence-corrected chi connectivity index (χ0v) is 15.8. The summed E-state index contributed by atoms with van der Waals surface area (Å²) in [6.07, 6.45) is -0.936. The Morgan fingerprint density at radius 3 is 2.14 bits per heavy atom. The van der Waals surface area contributed by atoms with Gasteiger partial charge in [-0.2, -0.15) is 0 Å². The molecule has 9 nitrogen and oxygen atoms in total. The SMILES string of the molecule is COc1cc(CC(=O)NC[C@H](O)c2ccc([N+](=O)[O-])cc2)cc(OC)c1OC. The van der Waals surface area contributed by atoms with Gasteiger partial charge in [0.15, 0.2) is 11.5 Å². The lowest BCUT2D eigenvalue weighted by Crippen LogP contribution is -2.29. The molecule has 0 heterocycles. The first kappa shape index (κ1) is 21.0. The number of hydrogen-bond acceptors (Lipinski definition) is 7. The van der Waals surface area contributed by atoms with Crippen molar-refractivity contribution in [2.24, 2.45) is 0 Å². The van der Waals surface area contributed by atoms with Gasteiger partial charge < -0.3 is 24.6 Å². The maximum Gasteiger partial charge on any atom is 0.269 e. The molecule has 0 aromatic heterocycles. The standard InChI is InChI=1S/C19H22N2O7/c1-26-16-8-12(9-17(27-2)19(16)28-3)10-18(23)20-11-15(22)13-4-6-14(7-5-13)21(24)25/h4-9,15,22H,10-11H2,1-3H3,(H,20,23)/t15-/m0/s1. The lowest BCUT2D eigenvalue weighted by Gasteiger charge is -2.15. The highest BCUT2D eigenvalue weighted by atomic mass is 16.6. The highest BCUT2D eigenvalue weighted by molar-refractivity contribution is 5.79. The number of aliphatic hydroxyl groups is 1. The van der Waals surface area contributed by atoms with E-state index in [4.69, 9.17) is 14.2 Å². The van der Waals surface area contributed by atoms with Crippen molar-refractivity contribution < 1.29 is 29.0 Å². The van der Waals surface area contributed by atoms with Crippen molar-refractivity contribution in [1.82, 2.24) is 5.32 Å². The number of hydrogen-bond donors (Lipinski definition) is 2. The van der Waals surface area contributed by atoms with E-state index < -0.39 is 11.0 Å². The third-order valence-corrected chi connectivity index (χ3v) is 4.07. The van der Waals surface area contributed by atoms with Crippen molar-refractivity contribution in [2.45, 2.75) is 12.5 Å². The van der Waals surface area contributed by atoms with Crippen molar-refractivity contribution in [2.75, 3.05) is 27.9 Å². The van der Waals surface area contributed by atoms with Gasteiger partial charge in [-0.05, 0) is 35.4 Å². The molecule has 0 fully saturated rings. The Morgan fingerprint density at radius 2 is 1.68 bits per heavy atom. The van der Waals surface area contributed by atoms with Gasteiger partial charge in [0.05, 0.1) is 38.8 Å². The molecule has 0 unspecified atom stereocenters. The molecule has 0 bridgehead atoms. The van der Waals surface area contributed by atoms with Crippen LogP contribution < -0.4 is 19.5 Å². The van der Waals surface area contributed by atoms with Crippen LogP contribution >= 0.6 is 0 Å². The van der Waals surface area contributed by atoms with Gasteiger partial charge in [0.25, 0.3) is 5.69 Å². The molecule has 0 aliphatic rings. The summed E-state index contributed by atoms with van der Waals surface area (Å²) in [7, 11) is 4.47. The third kappa shape index (κ3) is 5.10. The van der Waals surface area contributed by atoms with E-state index in [-0.39, 0.29) is 24.6 Å². The van der Waals surface area contributed by atoms with Crippen molar-refractivity contribution in [1.29, 1.82) is 0 Å². The van der Waals surface area contributed by atoms with E-state index in [0.29, 0.717) is 28.4 Å². The molecule has 2 aromatic rings. The molecule has 2 aromatic carbocycles. The number of rotatable bonds is 9. The fourth-order valence-corrected chi connectivity index (χ4v) is 2.63. The number of nitro groups is 1. The van der Waals surface area contributed by atoms with Crippen LogP contribution in [0.15, 0.2) is 36.4 Å². The van der Waals surface area contributed by atoms with Crippen LogP contribution in [0.1, 0.15) is 17.2 Å². The fourth-order valence-electron chi connectivity index (χ4n) is 2.63. The Kier molecular flexibility index (Phi) is 7.16. The highest BCUT2D eigenvalue weighted by Gasteiger charge is 2.16. The quantitative estimate of drug-likeness (QED) is 0.496. The molecule has 0 aliphatic carbocycles. The summed E-state index contributed by atoms with van der Waals surface area (Å²) in [4.78, 5) is 22.4. The smallest absolute Gasteiger partial charge is 0.269 e. The Balaban J connectivity index is 1.99. The molecular weight excluding hydrogens is 368 g/mol. The lowest BCUT2D eigenvalue weighted by atomic mass is 10.1. The van der Waals surface area contributed by atoms with Gasteiger partial charge in [-0.25, -0.2) is 0 Å². The first-order chi connectivity index (χ1) is 13.4. The molecule has 1 amide bonds. The number of methoxy groups -OCH3 is 3. The molecule has 9 heteroatoms. The van der Waals surface area contributed by atoms with Crippen molar-refractivity contribution in [3.63, 3.8) is 0 Å². The van der Waals surface area contributed by atoms with Crippen LogP contribution in [-0.2, 0) is 11.2 Å². The van der Waals surface area contributed by atoms with Crippen molar-refractivity contribution >= 4 is 11.6 Å². The predicted octanol–water partition coefficient (Wildman–Crippen LogP) is 2.01. The Bertz CT molecular complexity index is 812. The van der Waals surface area contributed by atoms with Crippen molar-refractivity contribution in [3.8, 4) is 17.2 Å². The minimum absolute atomic E-state index is 0.0267. The van der Waals surface area contributed by atoms with E-state index in [1.807, 2.05) is 0 Å².